The molecule has 11 heteroatoms. The fraction of sp³-hybridized carbons (Fsp3) is 0.200. The van der Waals surface area contributed by atoms with E-state index >= 15 is 0 Å². The predicted molar refractivity (Wildman–Crippen MR) is 56.1 cm³/mol. The normalized spacial score (nSPS) is 12.1. The Balaban J connectivity index is 2.97. The van der Waals surface area contributed by atoms with E-state index < -0.39 is 46.9 Å². The summed E-state index contributed by atoms with van der Waals surface area (Å²) in [5.74, 6) is -5.39. The number of carbonyl (C=O) groups excluding carboxylic acids is 2. The van der Waals surface area contributed by atoms with E-state index in [-0.39, 0.29) is 3.27 Å². The van der Waals surface area contributed by atoms with Crippen molar-refractivity contribution >= 4 is 37.8 Å². The molecule has 0 aliphatic rings. The summed E-state index contributed by atoms with van der Waals surface area (Å²) in [6.07, 6.45) is -10.8. The van der Waals surface area contributed by atoms with E-state index in [1.807, 2.05) is 0 Å². The molecule has 116 valence electrons. The number of hydrogen-bond donors (Lipinski definition) is 0. The first-order valence-electron chi connectivity index (χ1n) is 4.95. The number of halogens is 6. The molecule has 0 aromatic heterocycles. The van der Waals surface area contributed by atoms with Crippen molar-refractivity contribution < 1.29 is 41.6 Å². The maximum atomic E-state index is 12.1. The Morgan fingerprint density at radius 1 is 0.810 bits per heavy atom. The molecule has 4 nitrogen and oxygen atoms in total. The van der Waals surface area contributed by atoms with Gasteiger partial charge in [0, 0.05) is 0 Å². The van der Waals surface area contributed by atoms with Crippen molar-refractivity contribution in [2.24, 2.45) is 0 Å². The van der Waals surface area contributed by atoms with Crippen LogP contribution >= 0.6 is 0 Å². The fourth-order valence-corrected chi connectivity index (χ4v) is 5.48. The van der Waals surface area contributed by atoms with Gasteiger partial charge in [0.05, 0.1) is 0 Å². The van der Waals surface area contributed by atoms with Gasteiger partial charge in [0.15, 0.2) is 0 Å². The van der Waals surface area contributed by atoms with Gasteiger partial charge in [-0.2, -0.15) is 0 Å². The standard InChI is InChI=1S/C6H5.2C2HF3O2.Bi/c1-2-4-6-5-3-1;2*3-2(4,5)1(6)7;/h1-5H;2*(H,6,7);/q;;;+2/p-2. The van der Waals surface area contributed by atoms with Crippen LogP contribution < -0.4 is 3.27 Å². The van der Waals surface area contributed by atoms with Crippen LogP contribution in [0.2, 0.25) is 0 Å². The molecule has 1 aromatic rings. The molecule has 0 spiro atoms. The summed E-state index contributed by atoms with van der Waals surface area (Å²) in [4.78, 5) is 21.4. The second-order valence-corrected chi connectivity index (χ2v) is 8.77. The molecule has 0 aliphatic heterocycles. The van der Waals surface area contributed by atoms with Gasteiger partial charge in [0.1, 0.15) is 0 Å². The second-order valence-electron chi connectivity index (χ2n) is 3.35. The third kappa shape index (κ3) is 5.49. The first kappa shape index (κ1) is 17.7. The summed E-state index contributed by atoms with van der Waals surface area (Å²) in [5, 5.41) is 0. The van der Waals surface area contributed by atoms with Crippen LogP contribution in [0, 0.1) is 0 Å². The van der Waals surface area contributed by atoms with Crippen molar-refractivity contribution in [2.75, 3.05) is 0 Å². The molecule has 1 aromatic carbocycles. The van der Waals surface area contributed by atoms with Gasteiger partial charge in [-0.3, -0.25) is 0 Å². The SMILES string of the molecule is O=C([O][Bi]([O]C(=O)C(F)(F)F)[c]1ccccc1)C(F)(F)F. The topological polar surface area (TPSA) is 52.6 Å². The summed E-state index contributed by atoms with van der Waals surface area (Å²) in [5.41, 5.74) is 0. The second kappa shape index (κ2) is 6.59. The Bertz CT molecular complexity index is 485. The van der Waals surface area contributed by atoms with Gasteiger partial charge in [0.2, 0.25) is 0 Å². The van der Waals surface area contributed by atoms with Crippen LogP contribution in [0.5, 0.6) is 0 Å². The van der Waals surface area contributed by atoms with Crippen LogP contribution in [-0.2, 0) is 15.2 Å². The molecule has 0 atom stereocenters. The van der Waals surface area contributed by atoms with Crippen molar-refractivity contribution in [1.82, 2.24) is 0 Å². The molecule has 0 amide bonds. The minimum atomic E-state index is -5.40. The summed E-state index contributed by atoms with van der Waals surface area (Å²) in [6.45, 7) is 0. The monoisotopic (exact) mass is 512 g/mol. The van der Waals surface area contributed by atoms with E-state index in [2.05, 4.69) is 5.63 Å². The van der Waals surface area contributed by atoms with E-state index in [0.29, 0.717) is 0 Å². The third-order valence-corrected chi connectivity index (χ3v) is 7.14. The van der Waals surface area contributed by atoms with Crippen molar-refractivity contribution in [3.8, 4) is 0 Å². The van der Waals surface area contributed by atoms with E-state index in [0.717, 1.165) is 12.1 Å². The number of alkyl halides is 6. The van der Waals surface area contributed by atoms with Gasteiger partial charge in [-0.15, -0.1) is 0 Å². The zero-order chi connectivity index (χ0) is 16.3. The molecule has 0 radical (unpaired) electrons. The van der Waals surface area contributed by atoms with Crippen molar-refractivity contribution in [1.29, 1.82) is 0 Å². The Labute approximate surface area is 122 Å². The van der Waals surface area contributed by atoms with Gasteiger partial charge in [0.25, 0.3) is 0 Å². The summed E-state index contributed by atoms with van der Waals surface area (Å²) in [7, 11) is 0. The quantitative estimate of drug-likeness (QED) is 0.457. The summed E-state index contributed by atoms with van der Waals surface area (Å²) >= 11 is -4.79. The molecule has 0 aliphatic carbocycles. The van der Waals surface area contributed by atoms with Crippen molar-refractivity contribution in [2.45, 2.75) is 12.4 Å². The van der Waals surface area contributed by atoms with Crippen molar-refractivity contribution in [3.05, 3.63) is 30.3 Å². The number of benzene rings is 1. The average Bonchev–Trinajstić information content (AvgIpc) is 2.36. The third-order valence-electron chi connectivity index (χ3n) is 1.76. The number of hydrogen-bond acceptors (Lipinski definition) is 4. The maximum absolute atomic E-state index is 12.1. The van der Waals surface area contributed by atoms with Crippen LogP contribution in [-0.4, -0.2) is 46.9 Å². The van der Waals surface area contributed by atoms with Crippen LogP contribution in [0.15, 0.2) is 30.3 Å². The molecule has 0 N–H and O–H groups in total. The van der Waals surface area contributed by atoms with Crippen LogP contribution in [0.3, 0.4) is 0 Å². The molecule has 1 rings (SSSR count). The fourth-order valence-electron chi connectivity index (χ4n) is 0.928. The minimum absolute atomic E-state index is 0.164. The van der Waals surface area contributed by atoms with Crippen LogP contribution in [0.1, 0.15) is 0 Å². The van der Waals surface area contributed by atoms with Crippen LogP contribution in [0.4, 0.5) is 26.3 Å². The molecule has 0 bridgehead atoms. The van der Waals surface area contributed by atoms with E-state index in [1.54, 1.807) is 0 Å². The Hall–Kier alpha value is -1.38. The molecule has 0 saturated carbocycles. The van der Waals surface area contributed by atoms with Crippen LogP contribution in [0.25, 0.3) is 0 Å². The first-order valence-corrected chi connectivity index (χ1v) is 9.53. The molecule has 0 saturated heterocycles. The van der Waals surface area contributed by atoms with E-state index in [9.17, 15) is 35.9 Å². The van der Waals surface area contributed by atoms with Gasteiger partial charge >= 0.3 is 122 Å². The van der Waals surface area contributed by atoms with Gasteiger partial charge in [-0.05, 0) is 0 Å². The average molecular weight is 512 g/mol. The first-order chi connectivity index (χ1) is 9.51. The number of rotatable bonds is 3. The summed E-state index contributed by atoms with van der Waals surface area (Å²) < 4.78 is 80.3. The molecule has 21 heavy (non-hydrogen) atoms. The molecular weight excluding hydrogens is 507 g/mol. The van der Waals surface area contributed by atoms with Gasteiger partial charge in [-0.1, -0.05) is 0 Å². The van der Waals surface area contributed by atoms with Gasteiger partial charge in [-0.25, -0.2) is 0 Å². The zero-order valence-electron chi connectivity index (χ0n) is 9.73. The van der Waals surface area contributed by atoms with E-state index in [4.69, 9.17) is 0 Å². The number of carbonyl (C=O) groups is 2. The van der Waals surface area contributed by atoms with E-state index in [1.165, 1.54) is 18.2 Å². The van der Waals surface area contributed by atoms with Gasteiger partial charge < -0.3 is 0 Å². The molecular formula is C10H5BiF6O4. The molecule has 0 unspecified atom stereocenters. The Morgan fingerprint density at radius 2 is 1.19 bits per heavy atom. The Morgan fingerprint density at radius 3 is 1.52 bits per heavy atom. The molecule has 0 fully saturated rings. The Kier molecular flexibility index (Phi) is 5.55. The molecule has 0 heterocycles. The summed E-state index contributed by atoms with van der Waals surface area (Å²) in [6, 6.07) is 6.25. The zero-order valence-corrected chi connectivity index (χ0v) is 13.2. The predicted octanol–water partition coefficient (Wildman–Crippen LogP) is 1.59. The van der Waals surface area contributed by atoms with Crippen molar-refractivity contribution in [3.63, 3.8) is 0 Å².